The summed E-state index contributed by atoms with van der Waals surface area (Å²) in [6.45, 7) is 4.21. The number of rotatable bonds is 4. The van der Waals surface area contributed by atoms with E-state index in [1.54, 1.807) is 47.4 Å². The molecular weight excluding hydrogens is 432 g/mol. The molecule has 0 radical (unpaired) electrons. The summed E-state index contributed by atoms with van der Waals surface area (Å²) in [4.78, 5) is 53.6. The summed E-state index contributed by atoms with van der Waals surface area (Å²) >= 11 is 0. The third-order valence-electron chi connectivity index (χ3n) is 6.35. The molecule has 0 aliphatic carbocycles. The maximum Gasteiger partial charge on any atom is 0.316 e. The molecule has 3 amide bonds. The molecule has 0 spiro atoms. The van der Waals surface area contributed by atoms with Gasteiger partial charge in [0, 0.05) is 24.7 Å². The van der Waals surface area contributed by atoms with Gasteiger partial charge in [0.2, 0.25) is 5.91 Å². The van der Waals surface area contributed by atoms with Gasteiger partial charge in [0.25, 0.3) is 11.8 Å². The van der Waals surface area contributed by atoms with Crippen LogP contribution in [-0.2, 0) is 9.59 Å². The van der Waals surface area contributed by atoms with Gasteiger partial charge in [-0.15, -0.1) is 0 Å². The molecule has 3 aromatic rings. The van der Waals surface area contributed by atoms with Crippen molar-refractivity contribution in [1.29, 1.82) is 0 Å². The second-order valence-electron chi connectivity index (χ2n) is 8.58. The number of carbonyl (C=O) groups is 4. The van der Waals surface area contributed by atoms with E-state index in [4.69, 9.17) is 4.74 Å². The molecule has 34 heavy (non-hydrogen) atoms. The monoisotopic (exact) mass is 454 g/mol. The van der Waals surface area contributed by atoms with Crippen molar-refractivity contribution in [1.82, 2.24) is 0 Å². The predicted octanol–water partition coefficient (Wildman–Crippen LogP) is 4.06. The fourth-order valence-corrected chi connectivity index (χ4v) is 4.32. The van der Waals surface area contributed by atoms with E-state index in [0.717, 1.165) is 21.7 Å². The first-order chi connectivity index (χ1) is 16.3. The van der Waals surface area contributed by atoms with Crippen molar-refractivity contribution in [2.45, 2.75) is 20.3 Å². The van der Waals surface area contributed by atoms with Crippen LogP contribution in [0, 0.1) is 19.8 Å². The minimum atomic E-state index is -0.614. The third kappa shape index (κ3) is 3.65. The molecule has 7 heteroatoms. The quantitative estimate of drug-likeness (QED) is 0.337. The number of hydrogen-bond donors (Lipinski definition) is 0. The summed E-state index contributed by atoms with van der Waals surface area (Å²) in [5.74, 6) is -1.92. The van der Waals surface area contributed by atoms with Gasteiger partial charge in [-0.25, -0.2) is 4.90 Å². The van der Waals surface area contributed by atoms with Crippen molar-refractivity contribution in [2.75, 3.05) is 16.3 Å². The number of aryl methyl sites for hydroxylation is 2. The van der Waals surface area contributed by atoms with Crippen LogP contribution in [0.25, 0.3) is 0 Å². The Labute approximate surface area is 196 Å². The number of hydrogen-bond acceptors (Lipinski definition) is 5. The van der Waals surface area contributed by atoms with Gasteiger partial charge >= 0.3 is 5.97 Å². The molecule has 1 saturated heterocycles. The summed E-state index contributed by atoms with van der Waals surface area (Å²) < 4.78 is 5.55. The first-order valence-corrected chi connectivity index (χ1v) is 11.0. The van der Waals surface area contributed by atoms with Crippen LogP contribution in [0.2, 0.25) is 0 Å². The Bertz CT molecular complexity index is 1330. The number of imide groups is 1. The van der Waals surface area contributed by atoms with E-state index in [1.807, 2.05) is 32.0 Å². The average molecular weight is 454 g/mol. The van der Waals surface area contributed by atoms with Gasteiger partial charge in [-0.1, -0.05) is 24.3 Å². The zero-order chi connectivity index (χ0) is 24.0. The second-order valence-corrected chi connectivity index (χ2v) is 8.58. The molecule has 2 aliphatic rings. The highest BCUT2D eigenvalue weighted by Gasteiger charge is 2.38. The van der Waals surface area contributed by atoms with E-state index in [0.29, 0.717) is 16.8 Å². The number of nitrogens with zero attached hydrogens (tertiary/aromatic N) is 2. The van der Waals surface area contributed by atoms with Crippen molar-refractivity contribution in [2.24, 2.45) is 5.92 Å². The summed E-state index contributed by atoms with van der Waals surface area (Å²) in [6, 6.07) is 18.7. The Balaban J connectivity index is 1.31. The molecule has 0 aromatic heterocycles. The lowest BCUT2D eigenvalue weighted by Crippen LogP contribution is -2.29. The van der Waals surface area contributed by atoms with Crippen LogP contribution in [-0.4, -0.2) is 30.2 Å². The van der Waals surface area contributed by atoms with E-state index >= 15 is 0 Å². The fourth-order valence-electron chi connectivity index (χ4n) is 4.32. The van der Waals surface area contributed by atoms with Crippen LogP contribution in [0.15, 0.2) is 66.7 Å². The highest BCUT2D eigenvalue weighted by atomic mass is 16.5. The zero-order valence-electron chi connectivity index (χ0n) is 18.8. The third-order valence-corrected chi connectivity index (χ3v) is 6.35. The van der Waals surface area contributed by atoms with E-state index < -0.39 is 23.7 Å². The minimum Gasteiger partial charge on any atom is -0.426 e. The van der Waals surface area contributed by atoms with Crippen molar-refractivity contribution in [3.8, 4) is 5.75 Å². The van der Waals surface area contributed by atoms with Crippen LogP contribution in [0.5, 0.6) is 5.75 Å². The normalized spacial score (nSPS) is 17.4. The van der Waals surface area contributed by atoms with E-state index in [1.165, 1.54) is 6.07 Å². The largest absolute Gasteiger partial charge is 0.426 e. The number of amides is 3. The maximum atomic E-state index is 12.8. The summed E-state index contributed by atoms with van der Waals surface area (Å²) in [6.07, 6.45) is 0.0594. The highest BCUT2D eigenvalue weighted by molar-refractivity contribution is 6.34. The molecule has 0 N–H and O–H groups in total. The first kappa shape index (κ1) is 21.6. The van der Waals surface area contributed by atoms with Crippen molar-refractivity contribution in [3.63, 3.8) is 0 Å². The molecule has 0 bridgehead atoms. The molecule has 1 atom stereocenters. The Morgan fingerprint density at radius 1 is 0.824 bits per heavy atom. The minimum absolute atomic E-state index is 0.0594. The van der Waals surface area contributed by atoms with E-state index in [2.05, 4.69) is 0 Å². The molecule has 0 saturated carbocycles. The Morgan fingerprint density at radius 2 is 1.53 bits per heavy atom. The zero-order valence-corrected chi connectivity index (χ0v) is 18.8. The van der Waals surface area contributed by atoms with Crippen LogP contribution in [0.4, 0.5) is 11.4 Å². The fraction of sp³-hybridized carbons (Fsp3) is 0.185. The van der Waals surface area contributed by atoms with E-state index in [9.17, 15) is 19.2 Å². The molecular formula is C27H22N2O5. The lowest BCUT2D eigenvalue weighted by atomic mass is 10.1. The van der Waals surface area contributed by atoms with Gasteiger partial charge in [-0.2, -0.15) is 0 Å². The smallest absolute Gasteiger partial charge is 0.316 e. The number of anilines is 2. The average Bonchev–Trinajstić information content (AvgIpc) is 3.34. The Kier molecular flexibility index (Phi) is 5.24. The van der Waals surface area contributed by atoms with Crippen molar-refractivity contribution < 1.29 is 23.9 Å². The molecule has 170 valence electrons. The van der Waals surface area contributed by atoms with Crippen LogP contribution >= 0.6 is 0 Å². The Morgan fingerprint density at radius 3 is 2.21 bits per heavy atom. The molecule has 7 nitrogen and oxygen atoms in total. The maximum absolute atomic E-state index is 12.8. The number of fused-ring (bicyclic) bond motifs is 1. The first-order valence-electron chi connectivity index (χ1n) is 11.0. The second kappa shape index (κ2) is 8.26. The SMILES string of the molecule is Cc1ccc(N2C[C@H](C(=O)Oc3cccc(N4C(=O)c5ccccc5C4=O)c3)CC2=O)cc1C. The van der Waals surface area contributed by atoms with Gasteiger partial charge in [0.1, 0.15) is 5.75 Å². The number of benzene rings is 3. The lowest BCUT2D eigenvalue weighted by molar-refractivity contribution is -0.139. The van der Waals surface area contributed by atoms with E-state index in [-0.39, 0.29) is 24.6 Å². The highest BCUT2D eigenvalue weighted by Crippen LogP contribution is 2.32. The van der Waals surface area contributed by atoms with Crippen LogP contribution in [0.3, 0.4) is 0 Å². The van der Waals surface area contributed by atoms with Gasteiger partial charge in [0.05, 0.1) is 22.7 Å². The summed E-state index contributed by atoms with van der Waals surface area (Å²) in [5, 5.41) is 0. The van der Waals surface area contributed by atoms with Gasteiger partial charge in [-0.05, 0) is 61.4 Å². The van der Waals surface area contributed by atoms with Crippen LogP contribution < -0.4 is 14.5 Å². The lowest BCUT2D eigenvalue weighted by Gasteiger charge is -2.18. The number of esters is 1. The van der Waals surface area contributed by atoms with Crippen molar-refractivity contribution in [3.05, 3.63) is 89.0 Å². The Hall–Kier alpha value is -4.26. The van der Waals surface area contributed by atoms with Gasteiger partial charge in [-0.3, -0.25) is 19.2 Å². The summed E-state index contributed by atoms with van der Waals surface area (Å²) in [7, 11) is 0. The molecule has 0 unspecified atom stereocenters. The van der Waals surface area contributed by atoms with Crippen LogP contribution in [0.1, 0.15) is 38.3 Å². The van der Waals surface area contributed by atoms with Gasteiger partial charge in [0.15, 0.2) is 0 Å². The van der Waals surface area contributed by atoms with Crippen molar-refractivity contribution >= 4 is 35.1 Å². The molecule has 1 fully saturated rings. The predicted molar refractivity (Wildman–Crippen MR) is 126 cm³/mol. The number of ether oxygens (including phenoxy) is 1. The molecule has 5 rings (SSSR count). The standard InChI is InChI=1S/C27H22N2O5/c1-16-10-11-19(12-17(16)2)28-15-18(13-24(28)30)27(33)34-21-7-5-6-20(14-21)29-25(31)22-8-3-4-9-23(22)26(29)32/h3-12,14,18H,13,15H2,1-2H3/t18-/m1/s1. The number of carbonyl (C=O) groups excluding carboxylic acids is 4. The molecule has 2 aliphatic heterocycles. The molecule has 2 heterocycles. The molecule has 3 aromatic carbocycles. The topological polar surface area (TPSA) is 84.0 Å². The van der Waals surface area contributed by atoms with Gasteiger partial charge < -0.3 is 9.64 Å². The summed E-state index contributed by atoms with van der Waals surface area (Å²) in [5.41, 5.74) is 3.95.